The predicted octanol–water partition coefficient (Wildman–Crippen LogP) is 2.73. The molecule has 0 bridgehead atoms. The van der Waals surface area contributed by atoms with E-state index in [9.17, 15) is 14.0 Å². The quantitative estimate of drug-likeness (QED) is 0.937. The number of piperidine rings is 1. The van der Waals surface area contributed by atoms with Gasteiger partial charge >= 0.3 is 0 Å². The third kappa shape index (κ3) is 3.64. The molecule has 1 aliphatic rings. The first-order valence-corrected chi connectivity index (χ1v) is 8.00. The molecule has 1 atom stereocenters. The summed E-state index contributed by atoms with van der Waals surface area (Å²) in [7, 11) is 0. The van der Waals surface area contributed by atoms with Gasteiger partial charge in [0.25, 0.3) is 5.91 Å². The second-order valence-corrected chi connectivity index (χ2v) is 5.87. The number of nitrogens with zero attached hydrogens (tertiary/aromatic N) is 1. The van der Waals surface area contributed by atoms with Gasteiger partial charge < -0.3 is 14.6 Å². The molecule has 0 aliphatic carbocycles. The van der Waals surface area contributed by atoms with Gasteiger partial charge in [0.05, 0.1) is 11.8 Å². The maximum Gasteiger partial charge on any atom is 0.257 e. The fraction of sp³-hybridized carbons (Fsp3) is 0.333. The summed E-state index contributed by atoms with van der Waals surface area (Å²) in [4.78, 5) is 26.7. The van der Waals surface area contributed by atoms with Gasteiger partial charge in [-0.15, -0.1) is 0 Å². The number of halogens is 1. The van der Waals surface area contributed by atoms with Gasteiger partial charge in [0.15, 0.2) is 0 Å². The van der Waals surface area contributed by atoms with Crippen LogP contribution in [0, 0.1) is 5.82 Å². The Morgan fingerprint density at radius 2 is 2.00 bits per heavy atom. The van der Waals surface area contributed by atoms with Crippen LogP contribution in [0.25, 0.3) is 0 Å². The maximum atomic E-state index is 12.9. The van der Waals surface area contributed by atoms with Crippen molar-refractivity contribution in [2.45, 2.75) is 31.8 Å². The first kappa shape index (κ1) is 16.2. The summed E-state index contributed by atoms with van der Waals surface area (Å²) >= 11 is 0. The number of amides is 2. The summed E-state index contributed by atoms with van der Waals surface area (Å²) in [6.45, 7) is 0.863. The Morgan fingerprint density at radius 3 is 2.71 bits per heavy atom. The number of benzene rings is 1. The third-order valence-electron chi connectivity index (χ3n) is 4.21. The van der Waals surface area contributed by atoms with Crippen LogP contribution < -0.4 is 5.32 Å². The topological polar surface area (TPSA) is 62.6 Å². The van der Waals surface area contributed by atoms with Crippen molar-refractivity contribution in [1.29, 1.82) is 0 Å². The molecule has 0 spiro atoms. The van der Waals surface area contributed by atoms with Crippen LogP contribution in [0.3, 0.4) is 0 Å². The van der Waals surface area contributed by atoms with Crippen LogP contribution in [0.2, 0.25) is 0 Å². The van der Waals surface area contributed by atoms with Crippen molar-refractivity contribution in [1.82, 2.24) is 10.2 Å². The third-order valence-corrected chi connectivity index (χ3v) is 4.21. The van der Waals surface area contributed by atoms with Crippen molar-refractivity contribution < 1.29 is 18.4 Å². The SMILES string of the molecule is O=C(NCc1ccc(F)cc1)[C@@H]1CCCCN1C(=O)c1ccoc1. The number of nitrogens with one attached hydrogen (secondary N) is 1. The molecular weight excluding hydrogens is 311 g/mol. The van der Waals surface area contributed by atoms with Crippen LogP contribution in [-0.4, -0.2) is 29.3 Å². The first-order valence-electron chi connectivity index (χ1n) is 8.00. The molecule has 1 aromatic heterocycles. The van der Waals surface area contributed by atoms with E-state index < -0.39 is 6.04 Å². The van der Waals surface area contributed by atoms with E-state index >= 15 is 0 Å². The molecule has 0 radical (unpaired) electrons. The number of hydrogen-bond donors (Lipinski definition) is 1. The lowest BCUT2D eigenvalue weighted by atomic mass is 10.0. The lowest BCUT2D eigenvalue weighted by molar-refractivity contribution is -0.126. The number of carbonyl (C=O) groups is 2. The molecule has 2 aromatic rings. The zero-order valence-corrected chi connectivity index (χ0v) is 13.2. The Morgan fingerprint density at radius 1 is 1.21 bits per heavy atom. The van der Waals surface area contributed by atoms with Crippen LogP contribution in [-0.2, 0) is 11.3 Å². The van der Waals surface area contributed by atoms with E-state index in [1.807, 2.05) is 0 Å². The zero-order valence-electron chi connectivity index (χ0n) is 13.2. The van der Waals surface area contributed by atoms with Crippen molar-refractivity contribution in [2.75, 3.05) is 6.54 Å². The molecule has 6 heteroatoms. The minimum absolute atomic E-state index is 0.184. The minimum atomic E-state index is -0.485. The number of furan rings is 1. The molecular formula is C18H19FN2O3. The fourth-order valence-electron chi connectivity index (χ4n) is 2.91. The highest BCUT2D eigenvalue weighted by Crippen LogP contribution is 2.20. The van der Waals surface area contributed by atoms with E-state index in [0.29, 0.717) is 25.1 Å². The number of likely N-dealkylation sites (tertiary alicyclic amines) is 1. The first-order chi connectivity index (χ1) is 11.6. The number of carbonyl (C=O) groups excluding carboxylic acids is 2. The monoisotopic (exact) mass is 330 g/mol. The molecule has 1 saturated heterocycles. The highest BCUT2D eigenvalue weighted by atomic mass is 19.1. The van der Waals surface area contributed by atoms with Crippen molar-refractivity contribution in [3.05, 3.63) is 59.8 Å². The van der Waals surface area contributed by atoms with Gasteiger partial charge in [-0.3, -0.25) is 9.59 Å². The molecule has 0 saturated carbocycles. The molecule has 2 heterocycles. The number of rotatable bonds is 4. The van der Waals surface area contributed by atoms with Crippen LogP contribution >= 0.6 is 0 Å². The Balaban J connectivity index is 1.65. The summed E-state index contributed by atoms with van der Waals surface area (Å²) in [5.41, 5.74) is 1.27. The average molecular weight is 330 g/mol. The highest BCUT2D eigenvalue weighted by molar-refractivity contribution is 5.97. The van der Waals surface area contributed by atoms with Gasteiger partial charge in [0.1, 0.15) is 18.1 Å². The fourth-order valence-corrected chi connectivity index (χ4v) is 2.91. The summed E-state index contributed by atoms with van der Waals surface area (Å²) in [6.07, 6.45) is 5.26. The van der Waals surface area contributed by atoms with Gasteiger partial charge in [-0.2, -0.15) is 0 Å². The van der Waals surface area contributed by atoms with E-state index in [4.69, 9.17) is 4.42 Å². The molecule has 5 nitrogen and oxygen atoms in total. The molecule has 2 amide bonds. The van der Waals surface area contributed by atoms with Gasteiger partial charge in [-0.1, -0.05) is 12.1 Å². The van der Waals surface area contributed by atoms with Crippen LogP contribution in [0.1, 0.15) is 35.2 Å². The van der Waals surface area contributed by atoms with Crippen molar-refractivity contribution in [2.24, 2.45) is 0 Å². The Labute approximate surface area is 139 Å². The van der Waals surface area contributed by atoms with Crippen LogP contribution in [0.5, 0.6) is 0 Å². The molecule has 0 unspecified atom stereocenters. The summed E-state index contributed by atoms with van der Waals surface area (Å²) in [5.74, 6) is -0.685. The zero-order chi connectivity index (χ0) is 16.9. The van der Waals surface area contributed by atoms with Crippen molar-refractivity contribution in [3.63, 3.8) is 0 Å². The normalized spacial score (nSPS) is 17.5. The van der Waals surface area contributed by atoms with Gasteiger partial charge in [0.2, 0.25) is 5.91 Å². The molecule has 1 N–H and O–H groups in total. The molecule has 3 rings (SSSR count). The summed E-state index contributed by atoms with van der Waals surface area (Å²) in [5, 5.41) is 2.84. The van der Waals surface area contributed by atoms with Gasteiger partial charge in [-0.05, 0) is 43.0 Å². The second-order valence-electron chi connectivity index (χ2n) is 5.87. The molecule has 1 aromatic carbocycles. The maximum absolute atomic E-state index is 12.9. The number of hydrogen-bond acceptors (Lipinski definition) is 3. The summed E-state index contributed by atoms with van der Waals surface area (Å²) in [6, 6.07) is 7.09. The van der Waals surface area contributed by atoms with Crippen molar-refractivity contribution in [3.8, 4) is 0 Å². The Hall–Kier alpha value is -2.63. The van der Waals surface area contributed by atoms with Gasteiger partial charge in [-0.25, -0.2) is 4.39 Å². The van der Waals surface area contributed by atoms with Crippen LogP contribution in [0.4, 0.5) is 4.39 Å². The van der Waals surface area contributed by atoms with Crippen LogP contribution in [0.15, 0.2) is 47.3 Å². The van der Waals surface area contributed by atoms with Crippen molar-refractivity contribution >= 4 is 11.8 Å². The molecule has 126 valence electrons. The highest BCUT2D eigenvalue weighted by Gasteiger charge is 2.32. The second kappa shape index (κ2) is 7.29. The Bertz CT molecular complexity index is 698. The standard InChI is InChI=1S/C18H19FN2O3/c19-15-6-4-13(5-7-15)11-20-17(22)16-3-1-2-9-21(16)18(23)14-8-10-24-12-14/h4-8,10,12,16H,1-3,9,11H2,(H,20,22)/t16-/m0/s1. The largest absolute Gasteiger partial charge is 0.472 e. The van der Waals surface area contributed by atoms with E-state index in [0.717, 1.165) is 18.4 Å². The molecule has 1 aliphatic heterocycles. The van der Waals surface area contributed by atoms with Gasteiger partial charge in [0, 0.05) is 13.1 Å². The van der Waals surface area contributed by atoms with E-state index in [2.05, 4.69) is 5.32 Å². The van der Waals surface area contributed by atoms with E-state index in [1.165, 1.54) is 24.7 Å². The minimum Gasteiger partial charge on any atom is -0.472 e. The Kier molecular flexibility index (Phi) is 4.93. The molecule has 24 heavy (non-hydrogen) atoms. The lowest BCUT2D eigenvalue weighted by Crippen LogP contribution is -2.51. The summed E-state index contributed by atoms with van der Waals surface area (Å²) < 4.78 is 17.9. The average Bonchev–Trinajstić information content (AvgIpc) is 3.15. The predicted molar refractivity (Wildman–Crippen MR) is 85.6 cm³/mol. The lowest BCUT2D eigenvalue weighted by Gasteiger charge is -2.34. The van der Waals surface area contributed by atoms with E-state index in [-0.39, 0.29) is 17.6 Å². The van der Waals surface area contributed by atoms with E-state index in [1.54, 1.807) is 23.1 Å². The smallest absolute Gasteiger partial charge is 0.257 e. The molecule has 1 fully saturated rings.